The highest BCUT2D eigenvalue weighted by atomic mass is 35.5. The third-order valence-corrected chi connectivity index (χ3v) is 3.53. The highest BCUT2D eigenvalue weighted by Gasteiger charge is 2.13. The van der Waals surface area contributed by atoms with Gasteiger partial charge in [-0.2, -0.15) is 0 Å². The molecule has 0 aliphatic heterocycles. The molecule has 3 nitrogen and oxygen atoms in total. The molecule has 1 unspecified atom stereocenters. The minimum absolute atomic E-state index is 0.454. The molecule has 2 rings (SSSR count). The summed E-state index contributed by atoms with van der Waals surface area (Å²) in [4.78, 5) is 0. The molecule has 0 amide bonds. The van der Waals surface area contributed by atoms with E-state index in [-0.39, 0.29) is 0 Å². The summed E-state index contributed by atoms with van der Waals surface area (Å²) in [5, 5.41) is 11.0. The topological polar surface area (TPSA) is 38.7 Å². The average Bonchev–Trinajstić information content (AvgIpc) is 2.48. The number of methoxy groups -OCH3 is 2. The molecule has 106 valence electrons. The molecule has 2 aromatic carbocycles. The van der Waals surface area contributed by atoms with E-state index in [1.165, 1.54) is 0 Å². The summed E-state index contributed by atoms with van der Waals surface area (Å²) in [5.74, 6) is 1.24. The zero-order chi connectivity index (χ0) is 14.5. The molecule has 0 aliphatic carbocycles. The van der Waals surface area contributed by atoms with Gasteiger partial charge in [0.05, 0.1) is 20.3 Å². The van der Waals surface area contributed by atoms with Gasteiger partial charge < -0.3 is 14.6 Å². The summed E-state index contributed by atoms with van der Waals surface area (Å²) in [5.41, 5.74) is 1.68. The molecule has 4 heteroatoms. The van der Waals surface area contributed by atoms with Crippen molar-refractivity contribution in [3.05, 3.63) is 58.6 Å². The van der Waals surface area contributed by atoms with Crippen LogP contribution >= 0.6 is 11.6 Å². The molecule has 1 atom stereocenters. The Morgan fingerprint density at radius 1 is 1.05 bits per heavy atom. The van der Waals surface area contributed by atoms with Crippen LogP contribution in [-0.4, -0.2) is 19.3 Å². The van der Waals surface area contributed by atoms with Crippen LogP contribution < -0.4 is 9.47 Å². The standard InChI is InChI=1S/C16H17ClO3/c1-19-15-8-7-12(10-16(15)20-2)14(18)9-11-5-3-4-6-13(11)17/h3-8,10,14,18H,9H2,1-2H3. The van der Waals surface area contributed by atoms with Crippen molar-refractivity contribution in [2.75, 3.05) is 14.2 Å². The smallest absolute Gasteiger partial charge is 0.161 e. The normalized spacial score (nSPS) is 12.0. The van der Waals surface area contributed by atoms with E-state index in [1.807, 2.05) is 30.3 Å². The molecule has 1 N–H and O–H groups in total. The third-order valence-electron chi connectivity index (χ3n) is 3.16. The number of halogens is 1. The number of ether oxygens (including phenoxy) is 2. The number of aliphatic hydroxyl groups is 1. The number of benzene rings is 2. The Morgan fingerprint density at radius 2 is 1.75 bits per heavy atom. The van der Waals surface area contributed by atoms with Gasteiger partial charge >= 0.3 is 0 Å². The number of rotatable bonds is 5. The second-order valence-corrected chi connectivity index (χ2v) is 4.83. The molecular weight excluding hydrogens is 276 g/mol. The lowest BCUT2D eigenvalue weighted by molar-refractivity contribution is 0.178. The fourth-order valence-corrected chi connectivity index (χ4v) is 2.26. The molecule has 0 bridgehead atoms. The maximum absolute atomic E-state index is 10.3. The summed E-state index contributed by atoms with van der Waals surface area (Å²) in [7, 11) is 3.15. The number of hydrogen-bond donors (Lipinski definition) is 1. The Labute approximate surface area is 123 Å². The minimum Gasteiger partial charge on any atom is -0.493 e. The van der Waals surface area contributed by atoms with Crippen molar-refractivity contribution in [2.24, 2.45) is 0 Å². The van der Waals surface area contributed by atoms with E-state index >= 15 is 0 Å². The summed E-state index contributed by atoms with van der Waals surface area (Å²) in [6.07, 6.45) is -0.190. The first-order valence-corrected chi connectivity index (χ1v) is 6.67. The lowest BCUT2D eigenvalue weighted by Gasteiger charge is -2.15. The van der Waals surface area contributed by atoms with Crippen molar-refractivity contribution in [1.82, 2.24) is 0 Å². The maximum Gasteiger partial charge on any atom is 0.161 e. The number of aliphatic hydroxyl groups excluding tert-OH is 1. The molecule has 0 fully saturated rings. The lowest BCUT2D eigenvalue weighted by Crippen LogP contribution is -2.03. The van der Waals surface area contributed by atoms with Crippen LogP contribution in [0.5, 0.6) is 11.5 Å². The zero-order valence-corrected chi connectivity index (χ0v) is 12.2. The SMILES string of the molecule is COc1ccc(C(O)Cc2ccccc2Cl)cc1OC. The zero-order valence-electron chi connectivity index (χ0n) is 11.5. The van der Waals surface area contributed by atoms with Crippen LogP contribution in [0.25, 0.3) is 0 Å². The quantitative estimate of drug-likeness (QED) is 0.914. The van der Waals surface area contributed by atoms with E-state index in [0.717, 1.165) is 11.1 Å². The molecule has 0 aromatic heterocycles. The fraction of sp³-hybridized carbons (Fsp3) is 0.250. The molecule has 20 heavy (non-hydrogen) atoms. The van der Waals surface area contributed by atoms with E-state index in [0.29, 0.717) is 22.9 Å². The predicted molar refractivity (Wildman–Crippen MR) is 79.7 cm³/mol. The van der Waals surface area contributed by atoms with Gasteiger partial charge in [-0.15, -0.1) is 0 Å². The minimum atomic E-state index is -0.644. The van der Waals surface area contributed by atoms with Gasteiger partial charge in [0, 0.05) is 11.4 Å². The Bertz CT molecular complexity index is 584. The van der Waals surface area contributed by atoms with Crippen molar-refractivity contribution >= 4 is 11.6 Å². The van der Waals surface area contributed by atoms with Gasteiger partial charge in [0.25, 0.3) is 0 Å². The van der Waals surface area contributed by atoms with Gasteiger partial charge in [0.2, 0.25) is 0 Å². The van der Waals surface area contributed by atoms with E-state index in [4.69, 9.17) is 21.1 Å². The van der Waals surface area contributed by atoms with Gasteiger partial charge in [-0.05, 0) is 29.3 Å². The Balaban J connectivity index is 2.21. The lowest BCUT2D eigenvalue weighted by atomic mass is 10.0. The maximum atomic E-state index is 10.3. The molecule has 0 saturated carbocycles. The predicted octanol–water partition coefficient (Wildman–Crippen LogP) is 3.63. The van der Waals surface area contributed by atoms with Crippen LogP contribution in [0.3, 0.4) is 0 Å². The van der Waals surface area contributed by atoms with Crippen LogP contribution in [-0.2, 0) is 6.42 Å². The first-order chi connectivity index (χ1) is 9.65. The van der Waals surface area contributed by atoms with Crippen LogP contribution in [0, 0.1) is 0 Å². The second kappa shape index (κ2) is 6.64. The molecular formula is C16H17ClO3. The number of hydrogen-bond acceptors (Lipinski definition) is 3. The molecule has 0 heterocycles. The fourth-order valence-electron chi connectivity index (χ4n) is 2.05. The second-order valence-electron chi connectivity index (χ2n) is 4.43. The van der Waals surface area contributed by atoms with E-state index in [2.05, 4.69) is 0 Å². The summed E-state index contributed by atoms with van der Waals surface area (Å²) in [6.45, 7) is 0. The van der Waals surface area contributed by atoms with Crippen LogP contribution in [0.15, 0.2) is 42.5 Å². The Hall–Kier alpha value is -1.71. The van der Waals surface area contributed by atoms with Crippen molar-refractivity contribution in [3.8, 4) is 11.5 Å². The van der Waals surface area contributed by atoms with E-state index in [9.17, 15) is 5.11 Å². The molecule has 0 radical (unpaired) electrons. The van der Waals surface area contributed by atoms with Crippen LogP contribution in [0.1, 0.15) is 17.2 Å². The summed E-state index contributed by atoms with van der Waals surface area (Å²) < 4.78 is 10.4. The average molecular weight is 293 g/mol. The molecule has 0 saturated heterocycles. The van der Waals surface area contributed by atoms with E-state index < -0.39 is 6.10 Å². The summed E-state index contributed by atoms with van der Waals surface area (Å²) >= 11 is 6.11. The Kier molecular flexibility index (Phi) is 4.88. The monoisotopic (exact) mass is 292 g/mol. The summed E-state index contributed by atoms with van der Waals surface area (Å²) in [6, 6.07) is 12.9. The highest BCUT2D eigenvalue weighted by molar-refractivity contribution is 6.31. The molecule has 2 aromatic rings. The molecule has 0 aliphatic rings. The van der Waals surface area contributed by atoms with Gasteiger partial charge in [0.1, 0.15) is 0 Å². The van der Waals surface area contributed by atoms with Crippen LogP contribution in [0.4, 0.5) is 0 Å². The van der Waals surface area contributed by atoms with Crippen LogP contribution in [0.2, 0.25) is 5.02 Å². The Morgan fingerprint density at radius 3 is 2.40 bits per heavy atom. The van der Waals surface area contributed by atoms with Gasteiger partial charge in [0.15, 0.2) is 11.5 Å². The first-order valence-electron chi connectivity index (χ1n) is 6.29. The first kappa shape index (κ1) is 14.7. The molecule has 0 spiro atoms. The van der Waals surface area contributed by atoms with Gasteiger partial charge in [-0.25, -0.2) is 0 Å². The van der Waals surface area contributed by atoms with Crippen molar-refractivity contribution in [2.45, 2.75) is 12.5 Å². The van der Waals surface area contributed by atoms with Crippen molar-refractivity contribution in [3.63, 3.8) is 0 Å². The highest BCUT2D eigenvalue weighted by Crippen LogP contribution is 2.31. The van der Waals surface area contributed by atoms with Crippen molar-refractivity contribution in [1.29, 1.82) is 0 Å². The van der Waals surface area contributed by atoms with Gasteiger partial charge in [-0.3, -0.25) is 0 Å². The third kappa shape index (κ3) is 3.24. The van der Waals surface area contributed by atoms with Gasteiger partial charge in [-0.1, -0.05) is 35.9 Å². The van der Waals surface area contributed by atoms with E-state index in [1.54, 1.807) is 26.4 Å². The van der Waals surface area contributed by atoms with Crippen molar-refractivity contribution < 1.29 is 14.6 Å². The largest absolute Gasteiger partial charge is 0.493 e.